The van der Waals surface area contributed by atoms with Crippen LogP contribution in [0.25, 0.3) is 11.1 Å². The van der Waals surface area contributed by atoms with E-state index in [4.69, 9.17) is 9.47 Å². The van der Waals surface area contributed by atoms with E-state index in [1.54, 1.807) is 0 Å². The first kappa shape index (κ1) is 19.9. The van der Waals surface area contributed by atoms with Gasteiger partial charge in [0.1, 0.15) is 6.61 Å². The molecule has 0 saturated heterocycles. The summed E-state index contributed by atoms with van der Waals surface area (Å²) in [6, 6.07) is 16.1. The van der Waals surface area contributed by atoms with E-state index in [0.717, 1.165) is 0 Å². The number of esters is 1. The number of carbonyl (C=O) groups excluding carboxylic acids is 2. The first-order chi connectivity index (χ1) is 13.5. The van der Waals surface area contributed by atoms with E-state index in [-0.39, 0.29) is 31.0 Å². The zero-order valence-corrected chi connectivity index (χ0v) is 16.6. The van der Waals surface area contributed by atoms with Gasteiger partial charge in [0.15, 0.2) is 0 Å². The van der Waals surface area contributed by atoms with Gasteiger partial charge in [-0.05, 0) is 34.6 Å². The van der Waals surface area contributed by atoms with Crippen LogP contribution >= 0.6 is 0 Å². The van der Waals surface area contributed by atoms with Gasteiger partial charge in [-0.3, -0.25) is 4.79 Å². The molecular formula is C23H27NO4. The van der Waals surface area contributed by atoms with Crippen molar-refractivity contribution in [2.75, 3.05) is 13.7 Å². The third-order valence-corrected chi connectivity index (χ3v) is 5.06. The van der Waals surface area contributed by atoms with Gasteiger partial charge in [-0.15, -0.1) is 0 Å². The molecule has 1 amide bonds. The van der Waals surface area contributed by atoms with Crippen LogP contribution in [0.15, 0.2) is 48.5 Å². The summed E-state index contributed by atoms with van der Waals surface area (Å²) in [5, 5.41) is 2.82. The molecule has 0 spiro atoms. The van der Waals surface area contributed by atoms with Crippen molar-refractivity contribution < 1.29 is 19.1 Å². The van der Waals surface area contributed by atoms with Crippen molar-refractivity contribution in [3.63, 3.8) is 0 Å². The normalized spacial score (nSPS) is 13.6. The largest absolute Gasteiger partial charge is 0.469 e. The topological polar surface area (TPSA) is 64.6 Å². The molecule has 0 aromatic heterocycles. The van der Waals surface area contributed by atoms with E-state index in [0.29, 0.717) is 12.3 Å². The molecule has 148 valence electrons. The number of benzene rings is 2. The number of hydrogen-bond acceptors (Lipinski definition) is 4. The first-order valence-electron chi connectivity index (χ1n) is 9.68. The van der Waals surface area contributed by atoms with E-state index >= 15 is 0 Å². The highest BCUT2D eigenvalue weighted by molar-refractivity contribution is 5.79. The average Bonchev–Trinajstić information content (AvgIpc) is 2.99. The van der Waals surface area contributed by atoms with Crippen molar-refractivity contribution in [1.29, 1.82) is 0 Å². The van der Waals surface area contributed by atoms with Crippen LogP contribution in [0.1, 0.15) is 43.7 Å². The SMILES string of the molecule is COC(=O)C[C@H](CC(C)C)NC(=O)OCC1c2ccccc2-c2ccccc21. The zero-order chi connectivity index (χ0) is 20.1. The minimum absolute atomic E-state index is 0.0160. The molecule has 0 saturated carbocycles. The molecule has 3 rings (SSSR count). The third-order valence-electron chi connectivity index (χ3n) is 5.06. The number of rotatable bonds is 7. The molecule has 5 nitrogen and oxygen atoms in total. The van der Waals surface area contributed by atoms with Gasteiger partial charge in [-0.1, -0.05) is 62.4 Å². The number of amides is 1. The Morgan fingerprint density at radius 1 is 1.00 bits per heavy atom. The maximum Gasteiger partial charge on any atom is 0.407 e. The Morgan fingerprint density at radius 3 is 2.11 bits per heavy atom. The molecule has 0 heterocycles. The molecule has 1 aliphatic rings. The first-order valence-corrected chi connectivity index (χ1v) is 9.68. The second-order valence-corrected chi connectivity index (χ2v) is 7.58. The van der Waals surface area contributed by atoms with E-state index in [2.05, 4.69) is 29.6 Å². The number of fused-ring (bicyclic) bond motifs is 3. The monoisotopic (exact) mass is 381 g/mol. The van der Waals surface area contributed by atoms with Crippen molar-refractivity contribution in [2.45, 2.75) is 38.6 Å². The third kappa shape index (κ3) is 4.53. The van der Waals surface area contributed by atoms with Crippen LogP contribution in [-0.2, 0) is 14.3 Å². The lowest BCUT2D eigenvalue weighted by molar-refractivity contribution is -0.141. The van der Waals surface area contributed by atoms with E-state index in [9.17, 15) is 9.59 Å². The second-order valence-electron chi connectivity index (χ2n) is 7.58. The number of hydrogen-bond donors (Lipinski definition) is 1. The molecule has 28 heavy (non-hydrogen) atoms. The smallest absolute Gasteiger partial charge is 0.407 e. The van der Waals surface area contributed by atoms with Gasteiger partial charge >= 0.3 is 12.1 Å². The van der Waals surface area contributed by atoms with Gasteiger partial charge in [-0.25, -0.2) is 4.79 Å². The lowest BCUT2D eigenvalue weighted by atomic mass is 9.98. The fourth-order valence-electron chi connectivity index (χ4n) is 3.85. The fraction of sp³-hybridized carbons (Fsp3) is 0.391. The van der Waals surface area contributed by atoms with Gasteiger partial charge in [0, 0.05) is 12.0 Å². The van der Waals surface area contributed by atoms with Crippen molar-refractivity contribution in [2.24, 2.45) is 5.92 Å². The molecule has 0 aliphatic heterocycles. The summed E-state index contributed by atoms with van der Waals surface area (Å²) in [5.41, 5.74) is 4.72. The number of alkyl carbamates (subject to hydrolysis) is 1. The van der Waals surface area contributed by atoms with Gasteiger partial charge < -0.3 is 14.8 Å². The van der Waals surface area contributed by atoms with Crippen LogP contribution in [0.5, 0.6) is 0 Å². The molecular weight excluding hydrogens is 354 g/mol. The predicted octanol–water partition coefficient (Wildman–Crippen LogP) is 4.50. The van der Waals surface area contributed by atoms with Gasteiger partial charge in [0.25, 0.3) is 0 Å². The quantitative estimate of drug-likeness (QED) is 0.717. The Morgan fingerprint density at radius 2 is 1.57 bits per heavy atom. The highest BCUT2D eigenvalue weighted by Gasteiger charge is 2.29. The molecule has 0 unspecified atom stereocenters. The molecule has 1 atom stereocenters. The minimum atomic E-state index is -0.503. The fourth-order valence-corrected chi connectivity index (χ4v) is 3.85. The molecule has 1 N–H and O–H groups in total. The molecule has 2 aromatic rings. The minimum Gasteiger partial charge on any atom is -0.469 e. The van der Waals surface area contributed by atoms with Crippen molar-refractivity contribution in [1.82, 2.24) is 5.32 Å². The maximum absolute atomic E-state index is 12.4. The van der Waals surface area contributed by atoms with E-state index < -0.39 is 6.09 Å². The number of carbonyl (C=O) groups is 2. The Labute approximate surface area is 166 Å². The highest BCUT2D eigenvalue weighted by Crippen LogP contribution is 2.44. The Bertz CT molecular complexity index is 801. The van der Waals surface area contributed by atoms with Crippen molar-refractivity contribution in [3.8, 4) is 11.1 Å². The van der Waals surface area contributed by atoms with Crippen LogP contribution in [-0.4, -0.2) is 31.8 Å². The molecule has 5 heteroatoms. The average molecular weight is 381 g/mol. The molecule has 0 bridgehead atoms. The van der Waals surface area contributed by atoms with Crippen LogP contribution in [0, 0.1) is 5.92 Å². The van der Waals surface area contributed by atoms with Crippen LogP contribution in [0.2, 0.25) is 0 Å². The predicted molar refractivity (Wildman–Crippen MR) is 108 cm³/mol. The van der Waals surface area contributed by atoms with Gasteiger partial charge in [0.05, 0.1) is 13.5 Å². The maximum atomic E-state index is 12.4. The summed E-state index contributed by atoms with van der Waals surface area (Å²) >= 11 is 0. The number of nitrogens with one attached hydrogen (secondary N) is 1. The summed E-state index contributed by atoms with van der Waals surface area (Å²) in [6.07, 6.45) is 0.314. The molecule has 1 aliphatic carbocycles. The van der Waals surface area contributed by atoms with Crippen LogP contribution < -0.4 is 5.32 Å². The Balaban J connectivity index is 1.66. The van der Waals surface area contributed by atoms with Gasteiger partial charge in [0.2, 0.25) is 0 Å². The van der Waals surface area contributed by atoms with Gasteiger partial charge in [-0.2, -0.15) is 0 Å². The van der Waals surface area contributed by atoms with Crippen molar-refractivity contribution >= 4 is 12.1 Å². The van der Waals surface area contributed by atoms with E-state index in [1.165, 1.54) is 29.4 Å². The second kappa shape index (κ2) is 8.91. The standard InChI is InChI=1S/C23H27NO4/c1-15(2)12-16(13-22(25)27-3)24-23(26)28-14-21-19-10-6-4-8-17(19)18-9-5-7-11-20(18)21/h4-11,15-16,21H,12-14H2,1-3H3,(H,24,26)/t16-/m0/s1. The lowest BCUT2D eigenvalue weighted by Crippen LogP contribution is -2.38. The van der Waals surface area contributed by atoms with Crippen molar-refractivity contribution in [3.05, 3.63) is 59.7 Å². The summed E-state index contributed by atoms with van der Waals surface area (Å²) in [6.45, 7) is 4.35. The molecule has 2 aromatic carbocycles. The molecule has 0 fully saturated rings. The number of methoxy groups -OCH3 is 1. The number of ether oxygens (including phenoxy) is 2. The highest BCUT2D eigenvalue weighted by atomic mass is 16.5. The summed E-state index contributed by atoms with van der Waals surface area (Å²) in [4.78, 5) is 24.0. The Hall–Kier alpha value is -2.82. The summed E-state index contributed by atoms with van der Waals surface area (Å²) in [7, 11) is 1.35. The zero-order valence-electron chi connectivity index (χ0n) is 16.6. The summed E-state index contributed by atoms with van der Waals surface area (Å²) < 4.78 is 10.3. The lowest BCUT2D eigenvalue weighted by Gasteiger charge is -2.20. The Kier molecular flexibility index (Phi) is 6.34. The van der Waals surface area contributed by atoms with E-state index in [1.807, 2.05) is 38.1 Å². The molecule has 0 radical (unpaired) electrons. The van der Waals surface area contributed by atoms with Crippen LogP contribution in [0.4, 0.5) is 4.79 Å². The summed E-state index contributed by atoms with van der Waals surface area (Å²) in [5.74, 6) is 0.00967. The van der Waals surface area contributed by atoms with Crippen LogP contribution in [0.3, 0.4) is 0 Å².